The standard InChI is InChI=1S/C20H21NO4/c1-21(2)16-7-5-15(6-8-16)17(22)9-4-14-12-18(23-3)20-19(13-14)24-10-11-25-20/h4-9,12-13H,10-11H2,1-3H3/b9-4+. The lowest BCUT2D eigenvalue weighted by molar-refractivity contribution is 0.104. The zero-order chi connectivity index (χ0) is 17.8. The van der Waals surface area contributed by atoms with E-state index in [2.05, 4.69) is 0 Å². The van der Waals surface area contributed by atoms with Gasteiger partial charge in [-0.25, -0.2) is 0 Å². The maximum absolute atomic E-state index is 12.4. The minimum absolute atomic E-state index is 0.0563. The highest BCUT2D eigenvalue weighted by molar-refractivity contribution is 6.07. The summed E-state index contributed by atoms with van der Waals surface area (Å²) in [5, 5.41) is 0. The number of carbonyl (C=O) groups excluding carboxylic acids is 1. The predicted octanol–water partition coefficient (Wildman–Crippen LogP) is 3.43. The SMILES string of the molecule is COc1cc(/C=C/C(=O)c2ccc(N(C)C)cc2)cc2c1OCCO2. The Balaban J connectivity index is 1.80. The van der Waals surface area contributed by atoms with Crippen LogP contribution in [0.15, 0.2) is 42.5 Å². The average molecular weight is 339 g/mol. The molecule has 1 aliphatic rings. The first kappa shape index (κ1) is 16.9. The van der Waals surface area contributed by atoms with E-state index in [1.165, 1.54) is 0 Å². The van der Waals surface area contributed by atoms with Crippen molar-refractivity contribution in [3.63, 3.8) is 0 Å². The summed E-state index contributed by atoms with van der Waals surface area (Å²) in [7, 11) is 5.51. The third-order valence-electron chi connectivity index (χ3n) is 3.95. The lowest BCUT2D eigenvalue weighted by atomic mass is 10.1. The quantitative estimate of drug-likeness (QED) is 0.617. The molecule has 5 heteroatoms. The van der Waals surface area contributed by atoms with E-state index in [-0.39, 0.29) is 5.78 Å². The molecule has 1 aliphatic heterocycles. The van der Waals surface area contributed by atoms with Crippen molar-refractivity contribution in [1.82, 2.24) is 0 Å². The van der Waals surface area contributed by atoms with Crippen LogP contribution in [-0.4, -0.2) is 40.2 Å². The summed E-state index contributed by atoms with van der Waals surface area (Å²) in [6, 6.07) is 11.2. The fourth-order valence-electron chi connectivity index (χ4n) is 2.58. The van der Waals surface area contributed by atoms with Crippen molar-refractivity contribution in [3.8, 4) is 17.2 Å². The van der Waals surface area contributed by atoms with Crippen molar-refractivity contribution in [1.29, 1.82) is 0 Å². The second-order valence-electron chi connectivity index (χ2n) is 5.89. The first-order valence-electron chi connectivity index (χ1n) is 8.06. The lowest BCUT2D eigenvalue weighted by Crippen LogP contribution is -2.16. The maximum atomic E-state index is 12.4. The first-order valence-corrected chi connectivity index (χ1v) is 8.06. The fraction of sp³-hybridized carbons (Fsp3) is 0.250. The number of ketones is 1. The number of benzene rings is 2. The van der Waals surface area contributed by atoms with E-state index in [1.807, 2.05) is 55.4 Å². The molecule has 130 valence electrons. The summed E-state index contributed by atoms with van der Waals surface area (Å²) < 4.78 is 16.5. The molecule has 2 aromatic rings. The van der Waals surface area contributed by atoms with Crippen LogP contribution in [0.25, 0.3) is 6.08 Å². The Hall–Kier alpha value is -2.95. The molecule has 0 atom stereocenters. The van der Waals surface area contributed by atoms with Crippen LogP contribution in [0.2, 0.25) is 0 Å². The Bertz CT molecular complexity index is 777. The first-order chi connectivity index (χ1) is 12.1. The highest BCUT2D eigenvalue weighted by atomic mass is 16.6. The third kappa shape index (κ3) is 3.76. The number of carbonyl (C=O) groups is 1. The molecule has 25 heavy (non-hydrogen) atoms. The molecule has 2 aromatic carbocycles. The number of methoxy groups -OCH3 is 1. The molecule has 0 bridgehead atoms. The van der Waals surface area contributed by atoms with Crippen molar-refractivity contribution in [3.05, 3.63) is 53.6 Å². The number of nitrogens with zero attached hydrogens (tertiary/aromatic N) is 1. The number of anilines is 1. The van der Waals surface area contributed by atoms with Crippen molar-refractivity contribution < 1.29 is 19.0 Å². The van der Waals surface area contributed by atoms with Gasteiger partial charge in [0.1, 0.15) is 13.2 Å². The summed E-state index contributed by atoms with van der Waals surface area (Å²) in [4.78, 5) is 14.3. The van der Waals surface area contributed by atoms with Gasteiger partial charge in [-0.1, -0.05) is 6.08 Å². The van der Waals surface area contributed by atoms with Crippen molar-refractivity contribution in [2.45, 2.75) is 0 Å². The molecule has 0 spiro atoms. The third-order valence-corrected chi connectivity index (χ3v) is 3.95. The minimum Gasteiger partial charge on any atom is -0.493 e. The highest BCUT2D eigenvalue weighted by Crippen LogP contribution is 2.40. The summed E-state index contributed by atoms with van der Waals surface area (Å²) >= 11 is 0. The molecule has 1 heterocycles. The van der Waals surface area contributed by atoms with Crippen molar-refractivity contribution >= 4 is 17.5 Å². The topological polar surface area (TPSA) is 48.0 Å². The van der Waals surface area contributed by atoms with E-state index < -0.39 is 0 Å². The maximum Gasteiger partial charge on any atom is 0.203 e. The smallest absolute Gasteiger partial charge is 0.203 e. The second kappa shape index (κ2) is 7.30. The molecular formula is C20H21NO4. The van der Waals surface area contributed by atoms with Crippen LogP contribution in [0.1, 0.15) is 15.9 Å². The summed E-state index contributed by atoms with van der Waals surface area (Å²) in [6.07, 6.45) is 3.30. The fourth-order valence-corrected chi connectivity index (χ4v) is 2.58. The molecule has 0 N–H and O–H groups in total. The molecule has 0 aliphatic carbocycles. The second-order valence-corrected chi connectivity index (χ2v) is 5.89. The van der Waals surface area contributed by atoms with Crippen LogP contribution in [0.4, 0.5) is 5.69 Å². The van der Waals surface area contributed by atoms with Crippen molar-refractivity contribution in [2.24, 2.45) is 0 Å². The van der Waals surface area contributed by atoms with Gasteiger partial charge >= 0.3 is 0 Å². The largest absolute Gasteiger partial charge is 0.493 e. The number of fused-ring (bicyclic) bond motifs is 1. The number of ether oxygens (including phenoxy) is 3. The van der Waals surface area contributed by atoms with Crippen LogP contribution >= 0.6 is 0 Å². The number of hydrogen-bond acceptors (Lipinski definition) is 5. The molecule has 0 amide bonds. The van der Waals surface area contributed by atoms with Gasteiger partial charge in [-0.3, -0.25) is 4.79 Å². The molecule has 0 saturated heterocycles. The number of rotatable bonds is 5. The normalized spacial score (nSPS) is 12.9. The van der Waals surface area contributed by atoms with Gasteiger partial charge in [0.25, 0.3) is 0 Å². The van der Waals surface area contributed by atoms with Crippen LogP contribution < -0.4 is 19.1 Å². The van der Waals surface area contributed by atoms with Crippen LogP contribution in [0.3, 0.4) is 0 Å². The summed E-state index contributed by atoms with van der Waals surface area (Å²) in [6.45, 7) is 1.00. The predicted molar refractivity (Wildman–Crippen MR) is 98.1 cm³/mol. The molecule has 0 unspecified atom stereocenters. The molecule has 0 aromatic heterocycles. The van der Waals surface area contributed by atoms with Crippen LogP contribution in [0, 0.1) is 0 Å². The molecule has 0 radical (unpaired) electrons. The Morgan fingerprint density at radius 2 is 1.84 bits per heavy atom. The van der Waals surface area contributed by atoms with E-state index in [0.29, 0.717) is 36.0 Å². The van der Waals surface area contributed by atoms with Gasteiger partial charge < -0.3 is 19.1 Å². The van der Waals surface area contributed by atoms with Crippen LogP contribution in [0.5, 0.6) is 17.2 Å². The van der Waals surface area contributed by atoms with Crippen molar-refractivity contribution in [2.75, 3.05) is 39.3 Å². The van der Waals surface area contributed by atoms with Gasteiger partial charge in [0.2, 0.25) is 5.75 Å². The monoisotopic (exact) mass is 339 g/mol. The molecular weight excluding hydrogens is 318 g/mol. The molecule has 0 fully saturated rings. The Labute approximate surface area is 147 Å². The van der Waals surface area contributed by atoms with Gasteiger partial charge in [-0.15, -0.1) is 0 Å². The van der Waals surface area contributed by atoms with Crippen LogP contribution in [-0.2, 0) is 0 Å². The lowest BCUT2D eigenvalue weighted by Gasteiger charge is -2.20. The zero-order valence-corrected chi connectivity index (χ0v) is 14.6. The van der Waals surface area contributed by atoms with E-state index in [4.69, 9.17) is 14.2 Å². The van der Waals surface area contributed by atoms with E-state index >= 15 is 0 Å². The zero-order valence-electron chi connectivity index (χ0n) is 14.6. The van der Waals surface area contributed by atoms with Gasteiger partial charge in [0.15, 0.2) is 17.3 Å². The Morgan fingerprint density at radius 3 is 2.52 bits per heavy atom. The van der Waals surface area contributed by atoms with Gasteiger partial charge in [0.05, 0.1) is 7.11 Å². The van der Waals surface area contributed by atoms with E-state index in [1.54, 1.807) is 19.3 Å². The highest BCUT2D eigenvalue weighted by Gasteiger charge is 2.17. The molecule has 5 nitrogen and oxygen atoms in total. The summed E-state index contributed by atoms with van der Waals surface area (Å²) in [5.41, 5.74) is 2.52. The Kier molecular flexibility index (Phi) is 4.93. The Morgan fingerprint density at radius 1 is 1.12 bits per heavy atom. The number of allylic oxidation sites excluding steroid dienone is 1. The number of hydrogen-bond donors (Lipinski definition) is 0. The van der Waals surface area contributed by atoms with Gasteiger partial charge in [-0.05, 0) is 48.0 Å². The summed E-state index contributed by atoms with van der Waals surface area (Å²) in [5.74, 6) is 1.78. The minimum atomic E-state index is -0.0563. The average Bonchev–Trinajstić information content (AvgIpc) is 2.65. The van der Waals surface area contributed by atoms with E-state index in [9.17, 15) is 4.79 Å². The van der Waals surface area contributed by atoms with E-state index in [0.717, 1.165) is 11.3 Å². The van der Waals surface area contributed by atoms with Gasteiger partial charge in [0, 0.05) is 25.3 Å². The van der Waals surface area contributed by atoms with Gasteiger partial charge in [-0.2, -0.15) is 0 Å². The molecule has 3 rings (SSSR count). The molecule has 0 saturated carbocycles.